The zero-order valence-electron chi connectivity index (χ0n) is 14.4. The van der Waals surface area contributed by atoms with Crippen LogP contribution in [-0.2, 0) is 4.79 Å². The van der Waals surface area contributed by atoms with Gasteiger partial charge in [-0.1, -0.05) is 26.0 Å². The minimum atomic E-state index is 0. The largest absolute Gasteiger partial charge is 0.484 e. The van der Waals surface area contributed by atoms with Crippen molar-refractivity contribution in [1.29, 1.82) is 0 Å². The van der Waals surface area contributed by atoms with Gasteiger partial charge in [-0.25, -0.2) is 0 Å². The lowest BCUT2D eigenvalue weighted by Gasteiger charge is -2.32. The summed E-state index contributed by atoms with van der Waals surface area (Å²) >= 11 is 0. The maximum absolute atomic E-state index is 12.3. The van der Waals surface area contributed by atoms with Crippen molar-refractivity contribution in [3.05, 3.63) is 29.8 Å². The van der Waals surface area contributed by atoms with Crippen molar-refractivity contribution >= 4 is 18.3 Å². The molecule has 0 bridgehead atoms. The van der Waals surface area contributed by atoms with Gasteiger partial charge in [-0.2, -0.15) is 0 Å². The Labute approximate surface area is 146 Å². The Kier molecular flexibility index (Phi) is 8.42. The average molecular weight is 341 g/mol. The fourth-order valence-corrected chi connectivity index (χ4v) is 2.93. The molecule has 1 amide bonds. The summed E-state index contributed by atoms with van der Waals surface area (Å²) in [5.41, 5.74) is 1.28. The maximum atomic E-state index is 12.3. The van der Waals surface area contributed by atoms with E-state index in [1.807, 2.05) is 24.1 Å². The number of amides is 1. The molecule has 1 heterocycles. The molecule has 0 radical (unpaired) electrons. The molecule has 4 nitrogen and oxygen atoms in total. The predicted octanol–water partition coefficient (Wildman–Crippen LogP) is 3.07. The molecule has 0 spiro atoms. The second-order valence-electron chi connectivity index (χ2n) is 6.42. The summed E-state index contributed by atoms with van der Waals surface area (Å²) < 4.78 is 5.64. The highest BCUT2D eigenvalue weighted by atomic mass is 35.5. The fraction of sp³-hybridized carbons (Fsp3) is 0.611. The van der Waals surface area contributed by atoms with E-state index in [1.165, 1.54) is 12.0 Å². The van der Waals surface area contributed by atoms with Gasteiger partial charge in [-0.3, -0.25) is 4.79 Å². The highest BCUT2D eigenvalue weighted by Crippen LogP contribution is 2.19. The van der Waals surface area contributed by atoms with Gasteiger partial charge in [0.15, 0.2) is 6.61 Å². The lowest BCUT2D eigenvalue weighted by atomic mass is 9.98. The first-order chi connectivity index (χ1) is 10.6. The molecule has 2 rings (SSSR count). The van der Waals surface area contributed by atoms with Crippen LogP contribution in [0.3, 0.4) is 0 Å². The van der Waals surface area contributed by atoms with Gasteiger partial charge >= 0.3 is 0 Å². The van der Waals surface area contributed by atoms with Crippen molar-refractivity contribution in [3.8, 4) is 5.75 Å². The van der Waals surface area contributed by atoms with Crippen LogP contribution in [0.25, 0.3) is 0 Å². The molecule has 1 saturated heterocycles. The first-order valence-corrected chi connectivity index (χ1v) is 8.25. The van der Waals surface area contributed by atoms with Crippen LogP contribution in [0.1, 0.15) is 38.2 Å². The Hall–Kier alpha value is -1.26. The van der Waals surface area contributed by atoms with Gasteiger partial charge in [0.25, 0.3) is 5.91 Å². The number of halogens is 1. The number of nitrogens with one attached hydrogen (secondary N) is 1. The van der Waals surface area contributed by atoms with E-state index in [9.17, 15) is 4.79 Å². The van der Waals surface area contributed by atoms with E-state index in [2.05, 4.69) is 31.3 Å². The third-order valence-corrected chi connectivity index (χ3v) is 4.27. The molecule has 0 aliphatic carbocycles. The Morgan fingerprint density at radius 1 is 1.35 bits per heavy atom. The van der Waals surface area contributed by atoms with E-state index in [4.69, 9.17) is 4.74 Å². The number of carbonyl (C=O) groups excluding carboxylic acids is 1. The number of hydrogen-bond donors (Lipinski definition) is 1. The van der Waals surface area contributed by atoms with Gasteiger partial charge in [0.1, 0.15) is 5.75 Å². The standard InChI is InChI=1S/C18H28N2O2.ClH/c1-14(2)16-6-8-17(9-7-16)22-13-18(21)20-10-4-5-15(12-20)11-19-3;/h6-9,14-15,19H,4-5,10-13H2,1-3H3;1H. The molecule has 1 aliphatic rings. The van der Waals surface area contributed by atoms with E-state index in [1.54, 1.807) is 0 Å². The van der Waals surface area contributed by atoms with Gasteiger partial charge in [-0.15, -0.1) is 12.4 Å². The molecule has 1 fully saturated rings. The Morgan fingerprint density at radius 2 is 2.04 bits per heavy atom. The second-order valence-corrected chi connectivity index (χ2v) is 6.42. The third-order valence-electron chi connectivity index (χ3n) is 4.27. The molecule has 0 aromatic heterocycles. The normalized spacial score (nSPS) is 17.7. The SMILES string of the molecule is CNCC1CCCN(C(=O)COc2ccc(C(C)C)cc2)C1.Cl. The summed E-state index contributed by atoms with van der Waals surface area (Å²) in [5, 5.41) is 3.20. The van der Waals surface area contributed by atoms with Gasteiger partial charge in [0.2, 0.25) is 0 Å². The van der Waals surface area contributed by atoms with Crippen LogP contribution in [0, 0.1) is 5.92 Å². The average Bonchev–Trinajstić information content (AvgIpc) is 2.53. The van der Waals surface area contributed by atoms with Gasteiger partial charge in [-0.05, 0) is 56.0 Å². The summed E-state index contributed by atoms with van der Waals surface area (Å²) in [5.74, 6) is 1.93. The highest BCUT2D eigenvalue weighted by Gasteiger charge is 2.23. The van der Waals surface area contributed by atoms with Crippen molar-refractivity contribution < 1.29 is 9.53 Å². The molecule has 1 aromatic carbocycles. The van der Waals surface area contributed by atoms with Crippen molar-refractivity contribution in [2.45, 2.75) is 32.6 Å². The summed E-state index contributed by atoms with van der Waals surface area (Å²) in [6.45, 7) is 7.13. The molecule has 1 atom stereocenters. The number of nitrogens with zero attached hydrogens (tertiary/aromatic N) is 1. The van der Waals surface area contributed by atoms with Gasteiger partial charge in [0, 0.05) is 13.1 Å². The smallest absolute Gasteiger partial charge is 0.260 e. The van der Waals surface area contributed by atoms with E-state index in [0.29, 0.717) is 11.8 Å². The Morgan fingerprint density at radius 3 is 2.65 bits per heavy atom. The van der Waals surface area contributed by atoms with Crippen molar-refractivity contribution in [3.63, 3.8) is 0 Å². The van der Waals surface area contributed by atoms with Crippen LogP contribution in [0.15, 0.2) is 24.3 Å². The lowest BCUT2D eigenvalue weighted by Crippen LogP contribution is -2.44. The molecule has 1 aliphatic heterocycles. The predicted molar refractivity (Wildman–Crippen MR) is 96.5 cm³/mol. The molecule has 0 saturated carbocycles. The summed E-state index contributed by atoms with van der Waals surface area (Å²) in [6.07, 6.45) is 2.28. The van der Waals surface area contributed by atoms with Crippen molar-refractivity contribution in [2.24, 2.45) is 5.92 Å². The number of ether oxygens (including phenoxy) is 1. The summed E-state index contributed by atoms with van der Waals surface area (Å²) in [6, 6.07) is 8.02. The van der Waals surface area contributed by atoms with Gasteiger partial charge < -0.3 is 15.0 Å². The number of piperidine rings is 1. The quantitative estimate of drug-likeness (QED) is 0.865. The van der Waals surface area contributed by atoms with Crippen LogP contribution in [0.5, 0.6) is 5.75 Å². The monoisotopic (exact) mass is 340 g/mol. The second kappa shape index (κ2) is 9.78. The first-order valence-electron chi connectivity index (χ1n) is 8.25. The van der Waals surface area contributed by atoms with E-state index < -0.39 is 0 Å². The number of likely N-dealkylation sites (tertiary alicyclic amines) is 1. The van der Waals surface area contributed by atoms with Crippen molar-refractivity contribution in [1.82, 2.24) is 10.2 Å². The number of benzene rings is 1. The molecule has 1 unspecified atom stereocenters. The zero-order chi connectivity index (χ0) is 15.9. The summed E-state index contributed by atoms with van der Waals surface area (Å²) in [4.78, 5) is 14.2. The number of hydrogen-bond acceptors (Lipinski definition) is 3. The highest BCUT2D eigenvalue weighted by molar-refractivity contribution is 5.85. The van der Waals surface area contributed by atoms with E-state index in [0.717, 1.165) is 31.8 Å². The molecule has 130 valence electrons. The van der Waals surface area contributed by atoms with E-state index >= 15 is 0 Å². The lowest BCUT2D eigenvalue weighted by molar-refractivity contribution is -0.135. The number of rotatable bonds is 6. The molecule has 5 heteroatoms. The molecule has 1 N–H and O–H groups in total. The summed E-state index contributed by atoms with van der Waals surface area (Å²) in [7, 11) is 1.96. The molecular formula is C18H29ClN2O2. The minimum Gasteiger partial charge on any atom is -0.484 e. The first kappa shape index (κ1) is 19.8. The molecule has 23 heavy (non-hydrogen) atoms. The van der Waals surface area contributed by atoms with Gasteiger partial charge in [0.05, 0.1) is 0 Å². The van der Waals surface area contributed by atoms with E-state index in [-0.39, 0.29) is 24.9 Å². The van der Waals surface area contributed by atoms with Crippen LogP contribution in [0.4, 0.5) is 0 Å². The van der Waals surface area contributed by atoms with Crippen LogP contribution in [0.2, 0.25) is 0 Å². The minimum absolute atomic E-state index is 0. The van der Waals surface area contributed by atoms with Crippen LogP contribution >= 0.6 is 12.4 Å². The topological polar surface area (TPSA) is 41.6 Å². The third kappa shape index (κ3) is 6.04. The van der Waals surface area contributed by atoms with Crippen LogP contribution in [-0.4, -0.2) is 44.1 Å². The molecule has 1 aromatic rings. The van der Waals surface area contributed by atoms with Crippen molar-refractivity contribution in [2.75, 3.05) is 33.3 Å². The van der Waals surface area contributed by atoms with Crippen LogP contribution < -0.4 is 10.1 Å². The Balaban J connectivity index is 0.00000264. The number of carbonyl (C=O) groups is 1. The Bertz CT molecular complexity index is 474. The zero-order valence-corrected chi connectivity index (χ0v) is 15.2. The molecular weight excluding hydrogens is 312 g/mol. The maximum Gasteiger partial charge on any atom is 0.260 e. The fourth-order valence-electron chi connectivity index (χ4n) is 2.93.